The molecular weight excluding hydrogens is 735 g/mol. The number of H-pyrrole nitrogens is 1. The van der Waals surface area contributed by atoms with Crippen LogP contribution in [0.4, 0.5) is 9.59 Å². The third kappa shape index (κ3) is 8.28. The lowest BCUT2D eigenvalue weighted by atomic mass is 9.97. The summed E-state index contributed by atoms with van der Waals surface area (Å²) in [5, 5.41) is 7.43. The van der Waals surface area contributed by atoms with Gasteiger partial charge in [-0.1, -0.05) is 63.8 Å². The van der Waals surface area contributed by atoms with Gasteiger partial charge >= 0.3 is 12.2 Å². The minimum Gasteiger partial charge on any atom is -0.453 e. The first-order valence-corrected chi connectivity index (χ1v) is 20.1. The largest absolute Gasteiger partial charge is 0.453 e. The summed E-state index contributed by atoms with van der Waals surface area (Å²) in [5.74, 6) is 6.91. The molecule has 0 radical (unpaired) electrons. The maximum atomic E-state index is 13.6. The molecule has 0 spiro atoms. The molecule has 302 valence electrons. The molecule has 0 saturated carbocycles. The molecule has 3 aromatic carbocycles. The number of imidazole rings is 1. The van der Waals surface area contributed by atoms with Gasteiger partial charge in [-0.05, 0) is 84.4 Å². The highest BCUT2D eigenvalue weighted by molar-refractivity contribution is 6.05. The predicted molar refractivity (Wildman–Crippen MR) is 223 cm³/mol. The number of ether oxygens (including phenoxy) is 2. The maximum Gasteiger partial charge on any atom is 0.407 e. The highest BCUT2D eigenvalue weighted by Crippen LogP contribution is 2.35. The average Bonchev–Trinajstić information content (AvgIpc) is 4.06. The molecule has 7 rings (SSSR count). The van der Waals surface area contributed by atoms with Gasteiger partial charge in [0.25, 0.3) is 0 Å². The molecule has 4 heterocycles. The van der Waals surface area contributed by atoms with Gasteiger partial charge in [0.1, 0.15) is 17.9 Å². The molecule has 13 heteroatoms. The van der Waals surface area contributed by atoms with E-state index in [4.69, 9.17) is 19.5 Å². The molecular formula is C45H51N7O6. The minimum atomic E-state index is -0.695. The van der Waals surface area contributed by atoms with Crippen molar-refractivity contribution in [2.45, 2.75) is 84.0 Å². The summed E-state index contributed by atoms with van der Waals surface area (Å²) in [6.07, 6.45) is 4.66. The van der Waals surface area contributed by atoms with E-state index in [2.05, 4.69) is 51.7 Å². The Morgan fingerprint density at radius 1 is 0.776 bits per heavy atom. The summed E-state index contributed by atoms with van der Waals surface area (Å²) in [6.45, 7) is 8.85. The third-order valence-electron chi connectivity index (χ3n) is 11.4. The predicted octanol–water partition coefficient (Wildman–Crippen LogP) is 6.72. The number of hydrogen-bond acceptors (Lipinski definition) is 8. The molecule has 4 aromatic rings. The maximum absolute atomic E-state index is 13.6. The smallest absolute Gasteiger partial charge is 0.407 e. The van der Waals surface area contributed by atoms with E-state index in [1.165, 1.54) is 14.2 Å². The second-order valence-electron chi connectivity index (χ2n) is 15.9. The van der Waals surface area contributed by atoms with E-state index in [0.717, 1.165) is 81.3 Å². The fraction of sp³-hybridized carbons (Fsp3) is 0.422. The van der Waals surface area contributed by atoms with Crippen molar-refractivity contribution in [1.29, 1.82) is 0 Å². The number of rotatable bonds is 9. The Kier molecular flexibility index (Phi) is 11.8. The normalized spacial score (nSPS) is 18.8. The zero-order chi connectivity index (χ0) is 41.1. The molecule has 3 aliphatic heterocycles. The number of fused-ring (bicyclic) bond motifs is 3. The number of nitrogens with zero attached hydrogens (tertiary/aromatic N) is 4. The van der Waals surface area contributed by atoms with Gasteiger partial charge in [0.2, 0.25) is 11.8 Å². The lowest BCUT2D eigenvalue weighted by Gasteiger charge is -2.31. The van der Waals surface area contributed by atoms with Crippen molar-refractivity contribution in [2.75, 3.05) is 27.3 Å². The lowest BCUT2D eigenvalue weighted by molar-refractivity contribution is -0.135. The van der Waals surface area contributed by atoms with Crippen LogP contribution in [-0.4, -0.2) is 94.9 Å². The Bertz CT molecular complexity index is 2350. The van der Waals surface area contributed by atoms with Gasteiger partial charge in [0.15, 0.2) is 0 Å². The number of allylic oxidation sites excluding steroid dienone is 1. The third-order valence-corrected chi connectivity index (χ3v) is 11.4. The molecule has 1 aromatic heterocycles. The van der Waals surface area contributed by atoms with Crippen LogP contribution >= 0.6 is 0 Å². The highest BCUT2D eigenvalue weighted by Gasteiger charge is 2.39. The van der Waals surface area contributed by atoms with Crippen molar-refractivity contribution in [3.05, 3.63) is 83.3 Å². The standard InChI is InChI=1S/C45H51N7O6/c1-26(2)38(49-44(55)57-5)42(53)51-21-7-9-36(51)35-24-32(25-46-35)30-16-13-28(14-17-30)11-12-29-15-19-33-31(23-29)18-20-34-40(33)48-41(47-34)37-10-8-22-52(37)43(54)39(27(3)4)50-45(56)58-6/h13-20,23,25-27,36-39H,7-10,21-22,24H2,1-6H3,(H,47,48)(H,49,55)(H,50,56)/t36-,37-,38-,39-/m0/s1. The van der Waals surface area contributed by atoms with Crippen molar-refractivity contribution in [3.63, 3.8) is 0 Å². The molecule has 3 aliphatic rings. The summed E-state index contributed by atoms with van der Waals surface area (Å²) >= 11 is 0. The van der Waals surface area contributed by atoms with Crippen LogP contribution in [-0.2, 0) is 19.1 Å². The van der Waals surface area contributed by atoms with Gasteiger partial charge in [-0.2, -0.15) is 0 Å². The van der Waals surface area contributed by atoms with E-state index in [1.807, 2.05) is 74.0 Å². The number of aliphatic imine (C=N–C) groups is 1. The average molecular weight is 786 g/mol. The second kappa shape index (κ2) is 17.1. The van der Waals surface area contributed by atoms with Gasteiger partial charge in [-0.25, -0.2) is 14.6 Å². The Labute approximate surface area is 338 Å². The molecule has 4 amide bonds. The van der Waals surface area contributed by atoms with Crippen LogP contribution < -0.4 is 10.6 Å². The van der Waals surface area contributed by atoms with Gasteiger partial charge in [0, 0.05) is 47.9 Å². The first kappa shape index (κ1) is 40.1. The van der Waals surface area contributed by atoms with Crippen LogP contribution in [0.5, 0.6) is 0 Å². The Balaban J connectivity index is 1.01. The van der Waals surface area contributed by atoms with Crippen LogP contribution in [0, 0.1) is 23.7 Å². The number of aromatic nitrogens is 2. The fourth-order valence-electron chi connectivity index (χ4n) is 8.24. The van der Waals surface area contributed by atoms with E-state index in [-0.39, 0.29) is 35.7 Å². The lowest BCUT2D eigenvalue weighted by Crippen LogP contribution is -2.53. The molecule has 0 bridgehead atoms. The summed E-state index contributed by atoms with van der Waals surface area (Å²) in [6, 6.07) is 16.7. The molecule has 13 nitrogen and oxygen atoms in total. The molecule has 3 N–H and O–H groups in total. The zero-order valence-corrected chi connectivity index (χ0v) is 33.9. The minimum absolute atomic E-state index is 0.0881. The van der Waals surface area contributed by atoms with Crippen molar-refractivity contribution >= 4 is 57.1 Å². The quantitative estimate of drug-likeness (QED) is 0.159. The number of carbonyl (C=O) groups excluding carboxylic acids is 4. The Hall–Kier alpha value is -6.16. The van der Waals surface area contributed by atoms with E-state index in [0.29, 0.717) is 19.5 Å². The SMILES string of the molecule is COC(=O)N[C@H](C(=O)N1CCC[C@H]1C1=NC=C(c2ccc(C#Cc3ccc4c(ccc5[nH]c([C@@H]6CCCN6C(=O)[C@@H](NC(=O)OC)C(C)C)nc54)c3)cc2)C1)C(C)C. The number of hydrogen-bond donors (Lipinski definition) is 3. The van der Waals surface area contributed by atoms with Crippen molar-refractivity contribution < 1.29 is 28.7 Å². The van der Waals surface area contributed by atoms with E-state index in [9.17, 15) is 19.2 Å². The number of benzene rings is 3. The van der Waals surface area contributed by atoms with Crippen LogP contribution in [0.15, 0.2) is 65.8 Å². The van der Waals surface area contributed by atoms with Crippen molar-refractivity contribution in [3.8, 4) is 11.8 Å². The molecule has 58 heavy (non-hydrogen) atoms. The summed E-state index contributed by atoms with van der Waals surface area (Å²) in [5.41, 5.74) is 6.61. The number of carbonyl (C=O) groups is 4. The van der Waals surface area contributed by atoms with Gasteiger partial charge < -0.3 is 34.9 Å². The number of amides is 4. The van der Waals surface area contributed by atoms with E-state index in [1.54, 1.807) is 0 Å². The van der Waals surface area contributed by atoms with Crippen LogP contribution in [0.1, 0.15) is 88.4 Å². The molecule has 4 atom stereocenters. The first-order valence-electron chi connectivity index (χ1n) is 20.1. The summed E-state index contributed by atoms with van der Waals surface area (Å²) in [7, 11) is 2.59. The topological polar surface area (TPSA) is 158 Å². The number of alkyl carbamates (subject to hydrolysis) is 2. The number of likely N-dealkylation sites (tertiary alicyclic amines) is 2. The Morgan fingerprint density at radius 3 is 1.98 bits per heavy atom. The molecule has 2 fully saturated rings. The monoisotopic (exact) mass is 785 g/mol. The number of nitrogens with one attached hydrogen (secondary N) is 3. The second-order valence-corrected chi connectivity index (χ2v) is 15.9. The molecule has 0 unspecified atom stereocenters. The van der Waals surface area contributed by atoms with Crippen LogP contribution in [0.25, 0.3) is 27.4 Å². The van der Waals surface area contributed by atoms with Gasteiger partial charge in [0.05, 0.1) is 37.3 Å². The van der Waals surface area contributed by atoms with Crippen molar-refractivity contribution in [1.82, 2.24) is 30.4 Å². The molecule has 0 aliphatic carbocycles. The summed E-state index contributed by atoms with van der Waals surface area (Å²) in [4.78, 5) is 68.1. The Morgan fingerprint density at radius 2 is 1.36 bits per heavy atom. The number of aromatic amines is 1. The number of methoxy groups -OCH3 is 2. The van der Waals surface area contributed by atoms with Gasteiger partial charge in [-0.3, -0.25) is 14.6 Å². The fourth-order valence-corrected chi connectivity index (χ4v) is 8.24. The van der Waals surface area contributed by atoms with E-state index >= 15 is 0 Å². The highest BCUT2D eigenvalue weighted by atomic mass is 16.5. The summed E-state index contributed by atoms with van der Waals surface area (Å²) < 4.78 is 9.54. The van der Waals surface area contributed by atoms with Crippen LogP contribution in [0.3, 0.4) is 0 Å². The van der Waals surface area contributed by atoms with Crippen molar-refractivity contribution in [2.24, 2.45) is 16.8 Å². The van der Waals surface area contributed by atoms with Gasteiger partial charge in [-0.15, -0.1) is 0 Å². The van der Waals surface area contributed by atoms with Crippen LogP contribution in [0.2, 0.25) is 0 Å². The first-order chi connectivity index (χ1) is 27.9. The van der Waals surface area contributed by atoms with E-state index < -0.39 is 24.3 Å². The zero-order valence-electron chi connectivity index (χ0n) is 33.9. The molecule has 2 saturated heterocycles.